The molecule has 1 aromatic carbocycles. The van der Waals surface area contributed by atoms with E-state index in [1.807, 2.05) is 0 Å². The lowest BCUT2D eigenvalue weighted by Gasteiger charge is -2.06. The van der Waals surface area contributed by atoms with Crippen LogP contribution in [0.2, 0.25) is 0 Å². The van der Waals surface area contributed by atoms with Crippen LogP contribution in [0.15, 0.2) is 24.3 Å². The zero-order valence-corrected chi connectivity index (χ0v) is 8.30. The quantitative estimate of drug-likeness (QED) is 0.731. The number of ether oxygens (including phenoxy) is 1. The number of aliphatic carboxylic acids is 1. The van der Waals surface area contributed by atoms with Crippen LogP contribution in [0, 0.1) is 0 Å². The van der Waals surface area contributed by atoms with E-state index < -0.39 is 5.97 Å². The molecule has 0 aromatic heterocycles. The minimum Gasteiger partial charge on any atom is -0.496 e. The van der Waals surface area contributed by atoms with Gasteiger partial charge in [0.05, 0.1) is 13.7 Å². The topological polar surface area (TPSA) is 66.8 Å². The maximum atomic E-state index is 10.3. The number of rotatable bonds is 4. The summed E-state index contributed by atoms with van der Waals surface area (Å²) >= 11 is 0. The lowest BCUT2D eigenvalue weighted by molar-refractivity contribution is -0.131. The molecule has 0 aliphatic carbocycles. The Labute approximate surface area is 87.4 Å². The Kier molecular flexibility index (Phi) is 3.88. The summed E-state index contributed by atoms with van der Waals surface area (Å²) in [4.78, 5) is 10.3. The molecule has 0 saturated carbocycles. The van der Waals surface area contributed by atoms with Crippen molar-refractivity contribution in [1.82, 2.24) is 0 Å². The Bertz CT molecular complexity index is 382. The minimum absolute atomic E-state index is 0.141. The minimum atomic E-state index is -1.00. The number of benzene rings is 1. The molecule has 0 aliphatic heterocycles. The molecule has 0 aliphatic rings. The van der Waals surface area contributed by atoms with E-state index in [4.69, 9.17) is 14.9 Å². The average Bonchev–Trinajstić information content (AvgIpc) is 2.25. The van der Waals surface area contributed by atoms with Crippen molar-refractivity contribution >= 4 is 12.0 Å². The highest BCUT2D eigenvalue weighted by Crippen LogP contribution is 2.20. The van der Waals surface area contributed by atoms with Gasteiger partial charge in [-0.05, 0) is 23.8 Å². The second-order valence-corrected chi connectivity index (χ2v) is 2.90. The van der Waals surface area contributed by atoms with Crippen molar-refractivity contribution in [2.45, 2.75) is 6.61 Å². The highest BCUT2D eigenvalue weighted by atomic mass is 16.5. The van der Waals surface area contributed by atoms with Crippen molar-refractivity contribution in [2.24, 2.45) is 0 Å². The van der Waals surface area contributed by atoms with Crippen LogP contribution in [0.3, 0.4) is 0 Å². The van der Waals surface area contributed by atoms with Crippen molar-refractivity contribution in [3.63, 3.8) is 0 Å². The molecular weight excluding hydrogens is 196 g/mol. The van der Waals surface area contributed by atoms with Gasteiger partial charge in [0.25, 0.3) is 0 Å². The van der Waals surface area contributed by atoms with Gasteiger partial charge in [-0.3, -0.25) is 0 Å². The number of carbonyl (C=O) groups is 1. The molecule has 80 valence electrons. The van der Waals surface area contributed by atoms with Crippen LogP contribution in [0.5, 0.6) is 5.75 Å². The van der Waals surface area contributed by atoms with Crippen LogP contribution in [-0.2, 0) is 11.4 Å². The van der Waals surface area contributed by atoms with Gasteiger partial charge in [-0.15, -0.1) is 0 Å². The first kappa shape index (κ1) is 11.3. The van der Waals surface area contributed by atoms with Gasteiger partial charge in [-0.2, -0.15) is 0 Å². The summed E-state index contributed by atoms with van der Waals surface area (Å²) in [6.07, 6.45) is 2.50. The fraction of sp³-hybridized carbons (Fsp3) is 0.182. The number of carboxylic acid groups (broad SMARTS) is 1. The fourth-order valence-electron chi connectivity index (χ4n) is 1.19. The molecule has 1 aromatic rings. The van der Waals surface area contributed by atoms with Crippen molar-refractivity contribution in [2.75, 3.05) is 7.11 Å². The lowest BCUT2D eigenvalue weighted by atomic mass is 10.1. The lowest BCUT2D eigenvalue weighted by Crippen LogP contribution is -1.92. The maximum Gasteiger partial charge on any atom is 0.328 e. The van der Waals surface area contributed by atoms with Gasteiger partial charge in [-0.1, -0.05) is 6.07 Å². The van der Waals surface area contributed by atoms with Crippen LogP contribution in [0.25, 0.3) is 6.08 Å². The molecule has 0 spiro atoms. The van der Waals surface area contributed by atoms with E-state index in [0.29, 0.717) is 16.9 Å². The molecule has 0 saturated heterocycles. The van der Waals surface area contributed by atoms with E-state index >= 15 is 0 Å². The maximum absolute atomic E-state index is 10.3. The number of carboxylic acids is 1. The van der Waals surface area contributed by atoms with Gasteiger partial charge in [0.1, 0.15) is 5.75 Å². The number of hydrogen-bond donors (Lipinski definition) is 2. The summed E-state index contributed by atoms with van der Waals surface area (Å²) in [7, 11) is 1.52. The summed E-state index contributed by atoms with van der Waals surface area (Å²) in [5.41, 5.74) is 1.34. The van der Waals surface area contributed by atoms with Crippen molar-refractivity contribution in [1.29, 1.82) is 0 Å². The summed E-state index contributed by atoms with van der Waals surface area (Å²) in [5, 5.41) is 17.5. The molecule has 0 fully saturated rings. The van der Waals surface area contributed by atoms with Crippen LogP contribution in [0.4, 0.5) is 0 Å². The summed E-state index contributed by atoms with van der Waals surface area (Å²) in [6, 6.07) is 5.09. The Morgan fingerprint density at radius 1 is 1.53 bits per heavy atom. The second kappa shape index (κ2) is 5.17. The Hall–Kier alpha value is -1.81. The van der Waals surface area contributed by atoms with E-state index in [1.165, 1.54) is 13.2 Å². The third-order valence-corrected chi connectivity index (χ3v) is 1.89. The first-order valence-electron chi connectivity index (χ1n) is 4.36. The summed E-state index contributed by atoms with van der Waals surface area (Å²) in [5.74, 6) is -0.415. The SMILES string of the molecule is COc1ccc(/C=C/C(=O)O)cc1CO. The fourth-order valence-corrected chi connectivity index (χ4v) is 1.19. The predicted octanol–water partition coefficient (Wildman–Crippen LogP) is 1.29. The number of methoxy groups -OCH3 is 1. The number of aliphatic hydroxyl groups is 1. The van der Waals surface area contributed by atoms with Crippen molar-refractivity contribution in [3.05, 3.63) is 35.4 Å². The van der Waals surface area contributed by atoms with Gasteiger partial charge in [0.2, 0.25) is 0 Å². The van der Waals surface area contributed by atoms with Crippen molar-refractivity contribution in [3.8, 4) is 5.75 Å². The first-order valence-corrected chi connectivity index (χ1v) is 4.36. The largest absolute Gasteiger partial charge is 0.496 e. The van der Waals surface area contributed by atoms with Crippen LogP contribution in [0.1, 0.15) is 11.1 Å². The smallest absolute Gasteiger partial charge is 0.328 e. The number of aliphatic hydroxyl groups excluding tert-OH is 1. The second-order valence-electron chi connectivity index (χ2n) is 2.90. The molecule has 0 radical (unpaired) electrons. The summed E-state index contributed by atoms with van der Waals surface area (Å²) < 4.78 is 5.02. The molecule has 4 nitrogen and oxygen atoms in total. The third kappa shape index (κ3) is 3.11. The molecule has 4 heteroatoms. The van der Waals surface area contributed by atoms with Crippen LogP contribution < -0.4 is 4.74 Å². The molecule has 1 rings (SSSR count). The van der Waals surface area contributed by atoms with Crippen molar-refractivity contribution < 1.29 is 19.7 Å². The monoisotopic (exact) mass is 208 g/mol. The highest BCUT2D eigenvalue weighted by molar-refractivity contribution is 5.85. The predicted molar refractivity (Wildman–Crippen MR) is 55.6 cm³/mol. The Balaban J connectivity index is 2.97. The van der Waals surface area contributed by atoms with E-state index in [1.54, 1.807) is 18.2 Å². The molecule has 0 unspecified atom stereocenters. The normalized spacial score (nSPS) is 10.5. The zero-order valence-electron chi connectivity index (χ0n) is 8.30. The van der Waals surface area contributed by atoms with E-state index in [9.17, 15) is 4.79 Å². The molecule has 2 N–H and O–H groups in total. The Morgan fingerprint density at radius 2 is 2.27 bits per heavy atom. The molecule has 0 atom stereocenters. The third-order valence-electron chi connectivity index (χ3n) is 1.89. The molecular formula is C11H12O4. The Morgan fingerprint density at radius 3 is 2.80 bits per heavy atom. The van der Waals surface area contributed by atoms with Crippen LogP contribution in [-0.4, -0.2) is 23.3 Å². The zero-order chi connectivity index (χ0) is 11.3. The molecule has 15 heavy (non-hydrogen) atoms. The van der Waals surface area contributed by atoms with Gasteiger partial charge < -0.3 is 14.9 Å². The molecule has 0 amide bonds. The van der Waals surface area contributed by atoms with Crippen LogP contribution >= 0.6 is 0 Å². The van der Waals surface area contributed by atoms with Gasteiger partial charge in [0.15, 0.2) is 0 Å². The van der Waals surface area contributed by atoms with E-state index in [2.05, 4.69) is 0 Å². The number of hydrogen-bond acceptors (Lipinski definition) is 3. The molecule has 0 bridgehead atoms. The standard InChI is InChI=1S/C11H12O4/c1-15-10-4-2-8(3-5-11(13)14)6-9(10)7-12/h2-6,12H,7H2,1H3,(H,13,14)/b5-3+. The summed E-state index contributed by atoms with van der Waals surface area (Å²) in [6.45, 7) is -0.141. The van der Waals surface area contributed by atoms with Gasteiger partial charge in [-0.25, -0.2) is 4.79 Å². The molecule has 0 heterocycles. The highest BCUT2D eigenvalue weighted by Gasteiger charge is 2.01. The average molecular weight is 208 g/mol. The van der Waals surface area contributed by atoms with Gasteiger partial charge in [0, 0.05) is 11.6 Å². The van der Waals surface area contributed by atoms with E-state index in [0.717, 1.165) is 6.08 Å². The van der Waals surface area contributed by atoms with Gasteiger partial charge >= 0.3 is 5.97 Å². The first-order chi connectivity index (χ1) is 7.17. The van der Waals surface area contributed by atoms with E-state index in [-0.39, 0.29) is 6.61 Å².